The average Bonchev–Trinajstić information content (AvgIpc) is 3.68. The lowest BCUT2D eigenvalue weighted by molar-refractivity contribution is -0.134. The van der Waals surface area contributed by atoms with Gasteiger partial charge < -0.3 is 9.80 Å². The number of halogens is 1. The first-order valence-corrected chi connectivity index (χ1v) is 21.8. The van der Waals surface area contributed by atoms with Gasteiger partial charge in [-0.3, -0.25) is 29.5 Å². The zero-order valence-corrected chi connectivity index (χ0v) is 33.5. The van der Waals surface area contributed by atoms with Crippen molar-refractivity contribution in [2.75, 3.05) is 66.1 Å². The molecule has 3 aliphatic rings. The maximum atomic E-state index is 16.0. The first-order chi connectivity index (χ1) is 28.1. The first-order valence-electron chi connectivity index (χ1n) is 20.2. The van der Waals surface area contributed by atoms with Gasteiger partial charge >= 0.3 is 0 Å². The highest BCUT2D eigenvalue weighted by Crippen LogP contribution is 2.36. The smallest absolute Gasteiger partial charge is 0.234 e. The van der Waals surface area contributed by atoms with Crippen LogP contribution in [-0.2, 0) is 19.6 Å². The minimum absolute atomic E-state index is 0.0954. The molecule has 0 spiro atoms. The van der Waals surface area contributed by atoms with E-state index in [1.54, 1.807) is 42.3 Å². The minimum Gasteiger partial charge on any atom is -0.372 e. The molecule has 14 heteroatoms. The van der Waals surface area contributed by atoms with E-state index in [0.29, 0.717) is 36.4 Å². The van der Waals surface area contributed by atoms with Crippen LogP contribution < -0.4 is 19.8 Å². The van der Waals surface area contributed by atoms with E-state index in [4.69, 9.17) is 5.10 Å². The van der Waals surface area contributed by atoms with Gasteiger partial charge in [-0.05, 0) is 91.8 Å². The summed E-state index contributed by atoms with van der Waals surface area (Å²) in [6.07, 6.45) is 8.77. The fourth-order valence-corrected chi connectivity index (χ4v) is 9.54. The third-order valence-electron chi connectivity index (χ3n) is 11.6. The van der Waals surface area contributed by atoms with E-state index >= 15 is 4.39 Å². The Morgan fingerprint density at radius 2 is 1.45 bits per heavy atom. The second-order valence-electron chi connectivity index (χ2n) is 15.5. The van der Waals surface area contributed by atoms with Crippen molar-refractivity contribution < 1.29 is 22.4 Å². The van der Waals surface area contributed by atoms with Crippen LogP contribution >= 0.6 is 0 Å². The van der Waals surface area contributed by atoms with Crippen LogP contribution in [0.15, 0.2) is 97.5 Å². The van der Waals surface area contributed by atoms with Gasteiger partial charge in [0.05, 0.1) is 23.0 Å². The Labute approximate surface area is 339 Å². The monoisotopic (exact) mass is 804 g/mol. The molecule has 5 aromatic rings. The number of aromatic nitrogens is 3. The number of hydrogen-bond donors (Lipinski definition) is 2. The Morgan fingerprint density at radius 1 is 0.793 bits per heavy atom. The third kappa shape index (κ3) is 8.77. The topological polar surface area (TPSA) is 133 Å². The van der Waals surface area contributed by atoms with Crippen LogP contribution in [-0.4, -0.2) is 91.5 Å². The summed E-state index contributed by atoms with van der Waals surface area (Å²) in [5, 5.41) is 7.36. The zero-order valence-electron chi connectivity index (χ0n) is 32.7. The van der Waals surface area contributed by atoms with E-state index in [0.717, 1.165) is 81.2 Å². The maximum Gasteiger partial charge on any atom is 0.234 e. The zero-order chi connectivity index (χ0) is 40.2. The summed E-state index contributed by atoms with van der Waals surface area (Å²) in [5.41, 5.74) is 6.11. The number of benzene rings is 3. The molecule has 0 radical (unpaired) electrons. The molecule has 3 saturated heterocycles. The molecule has 3 aliphatic heterocycles. The quantitative estimate of drug-likeness (QED) is 0.137. The Hall–Kier alpha value is -5.60. The number of carbonyl (C=O) groups is 2. The SMILES string of the molecule is CCCS(=O)(=O)Nc1cccc(-c2cn(-c3ccc(N4CCN(CC5CCN(c6ccc([C@@H]7CCC(=O)NC7=O)cc6)CC5)CC4)cc3)nc2-c2ccncc2)c1F. The molecule has 0 aliphatic carbocycles. The molecular formula is C44H49FN8O4S. The highest BCUT2D eigenvalue weighted by Gasteiger charge is 2.29. The Bertz CT molecular complexity index is 2340. The second kappa shape index (κ2) is 17.1. The van der Waals surface area contributed by atoms with Gasteiger partial charge in [0.1, 0.15) is 5.69 Å². The number of hydrogen-bond acceptors (Lipinski definition) is 9. The van der Waals surface area contributed by atoms with E-state index in [2.05, 4.69) is 54.0 Å². The molecule has 5 heterocycles. The van der Waals surface area contributed by atoms with E-state index in [9.17, 15) is 18.0 Å². The standard InChI is InChI=1S/C44H49FN8O4S/c1-2-28-58(56,57)49-40-5-3-4-38(42(40)45)39-30-53(48-43(39)33-16-20-46-21-17-33)36-12-10-35(11-13-36)52-26-24-50(25-27-52)29-31-18-22-51(23-19-31)34-8-6-32(7-9-34)37-14-15-41(54)47-44(37)55/h3-13,16-17,20-21,30-31,37,49H,2,14-15,18-19,22-29H2,1H3,(H,47,54,55)/t37-/m0/s1. The average molecular weight is 805 g/mol. The lowest BCUT2D eigenvalue weighted by atomic mass is 9.90. The van der Waals surface area contributed by atoms with Crippen molar-refractivity contribution in [3.05, 3.63) is 109 Å². The maximum absolute atomic E-state index is 16.0. The molecular weight excluding hydrogens is 756 g/mol. The van der Waals surface area contributed by atoms with Crippen molar-refractivity contribution >= 4 is 38.9 Å². The number of pyridine rings is 1. The molecule has 2 aromatic heterocycles. The molecule has 2 N–H and O–H groups in total. The predicted octanol–water partition coefficient (Wildman–Crippen LogP) is 6.45. The number of imide groups is 1. The van der Waals surface area contributed by atoms with Crippen molar-refractivity contribution in [2.45, 2.75) is 44.9 Å². The van der Waals surface area contributed by atoms with E-state index in [1.165, 1.54) is 11.8 Å². The van der Waals surface area contributed by atoms with Crippen molar-refractivity contribution in [2.24, 2.45) is 5.92 Å². The van der Waals surface area contributed by atoms with E-state index < -0.39 is 15.8 Å². The number of carbonyl (C=O) groups excluding carboxylic acids is 2. The highest BCUT2D eigenvalue weighted by molar-refractivity contribution is 7.92. The van der Waals surface area contributed by atoms with Crippen LogP contribution in [0.4, 0.5) is 21.5 Å². The van der Waals surface area contributed by atoms with Gasteiger partial charge in [-0.15, -0.1) is 0 Å². The summed E-state index contributed by atoms with van der Waals surface area (Å²) >= 11 is 0. The van der Waals surface area contributed by atoms with Crippen LogP contribution in [0.2, 0.25) is 0 Å². The van der Waals surface area contributed by atoms with Gasteiger partial charge in [0, 0.05) is 98.9 Å². The van der Waals surface area contributed by atoms with Crippen LogP contribution in [0, 0.1) is 11.7 Å². The number of sulfonamides is 1. The van der Waals surface area contributed by atoms with Crippen LogP contribution in [0.1, 0.15) is 50.5 Å². The van der Waals surface area contributed by atoms with E-state index in [-0.39, 0.29) is 34.7 Å². The molecule has 0 unspecified atom stereocenters. The summed E-state index contributed by atoms with van der Waals surface area (Å²) in [6.45, 7) is 8.77. The molecule has 3 aromatic carbocycles. The van der Waals surface area contributed by atoms with Crippen molar-refractivity contribution in [3.63, 3.8) is 0 Å². The van der Waals surface area contributed by atoms with Gasteiger partial charge in [-0.25, -0.2) is 17.5 Å². The lowest BCUT2D eigenvalue weighted by Gasteiger charge is -2.40. The number of nitrogens with one attached hydrogen (secondary N) is 2. The van der Waals surface area contributed by atoms with Gasteiger partial charge in [0.2, 0.25) is 21.8 Å². The summed E-state index contributed by atoms with van der Waals surface area (Å²) in [6, 6.07) is 24.9. The molecule has 1 atom stereocenters. The number of piperazine rings is 1. The number of amides is 2. The van der Waals surface area contributed by atoms with Gasteiger partial charge in [-0.2, -0.15) is 5.10 Å². The molecule has 58 heavy (non-hydrogen) atoms. The number of rotatable bonds is 12. The third-order valence-corrected chi connectivity index (χ3v) is 13.1. The summed E-state index contributed by atoms with van der Waals surface area (Å²) < 4.78 is 45.2. The minimum atomic E-state index is -3.69. The van der Waals surface area contributed by atoms with Crippen molar-refractivity contribution in [3.8, 4) is 28.1 Å². The Kier molecular flexibility index (Phi) is 11.6. The van der Waals surface area contributed by atoms with Gasteiger partial charge in [0.15, 0.2) is 5.82 Å². The normalized spacial score (nSPS) is 18.3. The predicted molar refractivity (Wildman–Crippen MR) is 225 cm³/mol. The van der Waals surface area contributed by atoms with E-state index in [1.807, 2.05) is 36.4 Å². The summed E-state index contributed by atoms with van der Waals surface area (Å²) in [5.74, 6) is -0.742. The molecule has 2 amide bonds. The molecule has 12 nitrogen and oxygen atoms in total. The molecule has 3 fully saturated rings. The molecule has 0 bridgehead atoms. The largest absolute Gasteiger partial charge is 0.372 e. The summed E-state index contributed by atoms with van der Waals surface area (Å²) in [7, 11) is -3.69. The Morgan fingerprint density at radius 3 is 2.12 bits per heavy atom. The number of piperidine rings is 2. The lowest BCUT2D eigenvalue weighted by Crippen LogP contribution is -2.49. The first kappa shape index (κ1) is 39.2. The Balaban J connectivity index is 0.873. The molecule has 302 valence electrons. The molecule has 0 saturated carbocycles. The number of nitrogens with zero attached hydrogens (tertiary/aromatic N) is 6. The fourth-order valence-electron chi connectivity index (χ4n) is 8.41. The fraction of sp³-hybridized carbons (Fsp3) is 0.364. The van der Waals surface area contributed by atoms with Gasteiger partial charge in [-0.1, -0.05) is 31.2 Å². The van der Waals surface area contributed by atoms with Crippen LogP contribution in [0.3, 0.4) is 0 Å². The molecule has 8 rings (SSSR count). The summed E-state index contributed by atoms with van der Waals surface area (Å²) in [4.78, 5) is 35.4. The number of anilines is 3. The second-order valence-corrected chi connectivity index (χ2v) is 17.3. The van der Waals surface area contributed by atoms with Crippen molar-refractivity contribution in [1.82, 2.24) is 25.0 Å². The van der Waals surface area contributed by atoms with Crippen LogP contribution in [0.5, 0.6) is 0 Å². The highest BCUT2D eigenvalue weighted by atomic mass is 32.2. The van der Waals surface area contributed by atoms with Crippen LogP contribution in [0.25, 0.3) is 28.1 Å². The van der Waals surface area contributed by atoms with Crippen molar-refractivity contribution in [1.29, 1.82) is 0 Å². The van der Waals surface area contributed by atoms with Gasteiger partial charge in [0.25, 0.3) is 0 Å².